The average molecular weight is 329 g/mol. The van der Waals surface area contributed by atoms with Gasteiger partial charge in [0.25, 0.3) is 0 Å². The lowest BCUT2D eigenvalue weighted by Crippen LogP contribution is -2.32. The lowest BCUT2D eigenvalue weighted by molar-refractivity contribution is -0.119. The zero-order valence-electron chi connectivity index (χ0n) is 12.7. The van der Waals surface area contributed by atoms with Gasteiger partial charge >= 0.3 is 0 Å². The van der Waals surface area contributed by atoms with Gasteiger partial charge in [-0.1, -0.05) is 36.0 Å². The number of hydrogen-bond acceptors (Lipinski definition) is 6. The highest BCUT2D eigenvalue weighted by atomic mass is 32.2. The Bertz CT molecular complexity index is 701. The molecule has 1 aromatic heterocycles. The Labute approximate surface area is 139 Å². The topological polar surface area (TPSA) is 107 Å². The number of carbonyl (C=O) groups is 1. The number of amides is 1. The van der Waals surface area contributed by atoms with Crippen LogP contribution in [-0.2, 0) is 11.2 Å². The monoisotopic (exact) mass is 329 g/mol. The number of aromatic nitrogens is 2. The summed E-state index contributed by atoms with van der Waals surface area (Å²) in [6, 6.07) is 9.85. The Morgan fingerprint density at radius 1 is 1.26 bits per heavy atom. The van der Waals surface area contributed by atoms with Crippen LogP contribution in [0.3, 0.4) is 0 Å². The highest BCUT2D eigenvalue weighted by molar-refractivity contribution is 7.99. The van der Waals surface area contributed by atoms with E-state index < -0.39 is 0 Å². The van der Waals surface area contributed by atoms with Crippen molar-refractivity contribution in [3.05, 3.63) is 41.5 Å². The van der Waals surface area contributed by atoms with Crippen LogP contribution in [0.4, 0.5) is 11.6 Å². The molecule has 1 aromatic carbocycles. The van der Waals surface area contributed by atoms with Gasteiger partial charge in [-0.3, -0.25) is 4.79 Å². The molecule has 1 aliphatic carbocycles. The van der Waals surface area contributed by atoms with Gasteiger partial charge in [-0.2, -0.15) is 0 Å². The molecule has 2 aromatic rings. The Morgan fingerprint density at radius 2 is 2.00 bits per heavy atom. The van der Waals surface area contributed by atoms with Crippen molar-refractivity contribution in [2.24, 2.45) is 0 Å². The van der Waals surface area contributed by atoms with Gasteiger partial charge in [0.05, 0.1) is 11.8 Å². The van der Waals surface area contributed by atoms with Crippen LogP contribution in [0.1, 0.15) is 30.0 Å². The molecule has 6 nitrogen and oxygen atoms in total. The molecular formula is C16H19N5OS. The van der Waals surface area contributed by atoms with E-state index in [2.05, 4.69) is 27.4 Å². The molecule has 1 amide bonds. The van der Waals surface area contributed by atoms with Gasteiger partial charge in [0.15, 0.2) is 5.16 Å². The Morgan fingerprint density at radius 3 is 2.78 bits per heavy atom. The summed E-state index contributed by atoms with van der Waals surface area (Å²) in [4.78, 5) is 20.3. The van der Waals surface area contributed by atoms with Crippen molar-refractivity contribution in [1.29, 1.82) is 0 Å². The van der Waals surface area contributed by atoms with Gasteiger partial charge < -0.3 is 16.8 Å². The van der Waals surface area contributed by atoms with E-state index in [9.17, 15) is 4.79 Å². The summed E-state index contributed by atoms with van der Waals surface area (Å²) in [5, 5.41) is 3.51. The lowest BCUT2D eigenvalue weighted by Gasteiger charge is -2.26. The second-order valence-electron chi connectivity index (χ2n) is 5.50. The number of aryl methyl sites for hydroxylation is 1. The number of carbonyl (C=O) groups excluding carboxylic acids is 1. The Hall–Kier alpha value is -2.28. The molecule has 0 bridgehead atoms. The smallest absolute Gasteiger partial charge is 0.230 e. The van der Waals surface area contributed by atoms with Crippen molar-refractivity contribution in [2.75, 3.05) is 17.2 Å². The van der Waals surface area contributed by atoms with Gasteiger partial charge in [-0.25, -0.2) is 9.97 Å². The van der Waals surface area contributed by atoms with E-state index >= 15 is 0 Å². The maximum Gasteiger partial charge on any atom is 0.230 e. The maximum absolute atomic E-state index is 12.2. The lowest BCUT2D eigenvalue weighted by atomic mass is 9.88. The summed E-state index contributed by atoms with van der Waals surface area (Å²) in [6.45, 7) is 0. The number of nitrogens with two attached hydrogens (primary N) is 2. The van der Waals surface area contributed by atoms with Crippen LogP contribution in [0.25, 0.3) is 0 Å². The summed E-state index contributed by atoms with van der Waals surface area (Å²) in [5.41, 5.74) is 13.8. The summed E-state index contributed by atoms with van der Waals surface area (Å²) in [5.74, 6) is 0.811. The Balaban J connectivity index is 1.60. The molecule has 120 valence electrons. The Kier molecular flexibility index (Phi) is 4.66. The van der Waals surface area contributed by atoms with Gasteiger partial charge in [-0.05, 0) is 30.4 Å². The molecule has 5 N–H and O–H groups in total. The van der Waals surface area contributed by atoms with Crippen LogP contribution in [0, 0.1) is 0 Å². The van der Waals surface area contributed by atoms with Crippen molar-refractivity contribution in [3.63, 3.8) is 0 Å². The SMILES string of the molecule is Nc1cc(N)nc(SCC(=O)NC2CCCc3ccccc32)n1. The fourth-order valence-electron chi connectivity index (χ4n) is 2.80. The predicted octanol–water partition coefficient (Wildman–Crippen LogP) is 1.93. The minimum absolute atomic E-state index is 0.0405. The van der Waals surface area contributed by atoms with Crippen LogP contribution in [0.5, 0.6) is 0 Å². The largest absolute Gasteiger partial charge is 0.383 e. The predicted molar refractivity (Wildman–Crippen MR) is 91.8 cm³/mol. The van der Waals surface area contributed by atoms with Gasteiger partial charge in [-0.15, -0.1) is 0 Å². The third-order valence-electron chi connectivity index (χ3n) is 3.78. The zero-order valence-corrected chi connectivity index (χ0v) is 13.5. The molecule has 0 radical (unpaired) electrons. The van der Waals surface area contributed by atoms with E-state index in [1.54, 1.807) is 0 Å². The van der Waals surface area contributed by atoms with E-state index in [4.69, 9.17) is 11.5 Å². The van der Waals surface area contributed by atoms with E-state index in [0.29, 0.717) is 16.8 Å². The second kappa shape index (κ2) is 6.87. The molecule has 1 unspecified atom stereocenters. The van der Waals surface area contributed by atoms with Gasteiger partial charge in [0.1, 0.15) is 11.6 Å². The standard InChI is InChI=1S/C16H19N5OS/c17-13-8-14(18)21-16(20-13)23-9-15(22)19-12-7-3-5-10-4-1-2-6-11(10)12/h1-2,4,6,8,12H,3,5,7,9H2,(H,19,22)(H4,17,18,20,21). The van der Waals surface area contributed by atoms with Crippen LogP contribution < -0.4 is 16.8 Å². The summed E-state index contributed by atoms with van der Waals surface area (Å²) in [7, 11) is 0. The first-order valence-corrected chi connectivity index (χ1v) is 8.50. The fraction of sp³-hybridized carbons (Fsp3) is 0.312. The molecule has 0 saturated heterocycles. The maximum atomic E-state index is 12.2. The molecule has 7 heteroatoms. The minimum atomic E-state index is -0.0405. The summed E-state index contributed by atoms with van der Waals surface area (Å²) in [6.07, 6.45) is 3.13. The quantitative estimate of drug-likeness (QED) is 0.584. The number of hydrogen-bond donors (Lipinski definition) is 3. The molecule has 1 heterocycles. The van der Waals surface area contributed by atoms with Crippen molar-refractivity contribution < 1.29 is 4.79 Å². The molecule has 1 atom stereocenters. The minimum Gasteiger partial charge on any atom is -0.383 e. The van der Waals surface area contributed by atoms with E-state index in [0.717, 1.165) is 19.3 Å². The van der Waals surface area contributed by atoms with E-state index in [1.165, 1.54) is 29.0 Å². The fourth-order valence-corrected chi connectivity index (χ4v) is 3.48. The second-order valence-corrected chi connectivity index (χ2v) is 6.44. The molecular weight excluding hydrogens is 310 g/mol. The van der Waals surface area contributed by atoms with E-state index in [-0.39, 0.29) is 17.7 Å². The number of nitrogens with one attached hydrogen (secondary N) is 1. The van der Waals surface area contributed by atoms with E-state index in [1.807, 2.05) is 12.1 Å². The normalized spacial score (nSPS) is 16.6. The van der Waals surface area contributed by atoms with Crippen LogP contribution in [0.2, 0.25) is 0 Å². The number of fused-ring (bicyclic) bond motifs is 1. The highest BCUT2D eigenvalue weighted by Gasteiger charge is 2.21. The molecule has 23 heavy (non-hydrogen) atoms. The third kappa shape index (κ3) is 3.92. The van der Waals surface area contributed by atoms with Gasteiger partial charge in [0.2, 0.25) is 5.91 Å². The number of anilines is 2. The number of rotatable bonds is 4. The number of thioether (sulfide) groups is 1. The van der Waals surface area contributed by atoms with Crippen molar-refractivity contribution >= 4 is 29.3 Å². The van der Waals surface area contributed by atoms with Crippen molar-refractivity contribution in [2.45, 2.75) is 30.5 Å². The zero-order chi connectivity index (χ0) is 16.2. The average Bonchev–Trinajstić information content (AvgIpc) is 2.52. The number of nitrogen functional groups attached to an aromatic ring is 2. The molecule has 0 aliphatic heterocycles. The van der Waals surface area contributed by atoms with Crippen molar-refractivity contribution in [1.82, 2.24) is 15.3 Å². The molecule has 3 rings (SSSR count). The van der Waals surface area contributed by atoms with Crippen LogP contribution in [-0.4, -0.2) is 21.6 Å². The van der Waals surface area contributed by atoms with Crippen molar-refractivity contribution in [3.8, 4) is 0 Å². The van der Waals surface area contributed by atoms with Crippen LogP contribution in [0.15, 0.2) is 35.5 Å². The van der Waals surface area contributed by atoms with Gasteiger partial charge in [0, 0.05) is 6.07 Å². The summed E-state index contributed by atoms with van der Waals surface area (Å²) < 4.78 is 0. The molecule has 0 saturated carbocycles. The summed E-state index contributed by atoms with van der Waals surface area (Å²) >= 11 is 1.23. The molecule has 1 aliphatic rings. The highest BCUT2D eigenvalue weighted by Crippen LogP contribution is 2.29. The van der Waals surface area contributed by atoms with Crippen LogP contribution >= 0.6 is 11.8 Å². The first-order valence-electron chi connectivity index (χ1n) is 7.52. The third-order valence-corrected chi connectivity index (χ3v) is 4.63. The number of nitrogens with zero attached hydrogens (tertiary/aromatic N) is 2. The molecule has 0 spiro atoms. The number of benzene rings is 1. The first kappa shape index (κ1) is 15.6. The first-order chi connectivity index (χ1) is 11.1. The molecule has 0 fully saturated rings.